The van der Waals surface area contributed by atoms with E-state index in [0.29, 0.717) is 11.3 Å². The molecule has 0 aliphatic rings. The van der Waals surface area contributed by atoms with Gasteiger partial charge in [0, 0.05) is 16.7 Å². The molecule has 0 unspecified atom stereocenters. The molecule has 106 valence electrons. The minimum Gasteiger partial charge on any atom is -0.399 e. The monoisotopic (exact) mass is 344 g/mol. The SMILES string of the molecule is CSCCCCCCNC(=O)c1cc(N)ccc1Br. The lowest BCUT2D eigenvalue weighted by Crippen LogP contribution is -2.24. The standard InChI is InChI=1S/C14H21BrN2OS/c1-19-9-5-3-2-4-8-17-14(18)12-10-11(16)6-7-13(12)15/h6-7,10H,2-5,8-9,16H2,1H3,(H,17,18). The molecule has 1 aromatic carbocycles. The first-order valence-corrected chi connectivity index (χ1v) is 8.66. The lowest BCUT2D eigenvalue weighted by molar-refractivity contribution is 0.0952. The number of halogens is 1. The zero-order valence-corrected chi connectivity index (χ0v) is 13.6. The summed E-state index contributed by atoms with van der Waals surface area (Å²) >= 11 is 5.25. The Labute approximate surface area is 127 Å². The maximum Gasteiger partial charge on any atom is 0.252 e. The van der Waals surface area contributed by atoms with Crippen molar-refractivity contribution in [3.63, 3.8) is 0 Å². The lowest BCUT2D eigenvalue weighted by atomic mass is 10.1. The molecule has 0 aromatic heterocycles. The Hall–Kier alpha value is -0.680. The summed E-state index contributed by atoms with van der Waals surface area (Å²) in [7, 11) is 0. The smallest absolute Gasteiger partial charge is 0.252 e. The van der Waals surface area contributed by atoms with Gasteiger partial charge in [-0.05, 0) is 59.0 Å². The molecule has 0 saturated heterocycles. The second-order valence-electron chi connectivity index (χ2n) is 4.40. The summed E-state index contributed by atoms with van der Waals surface area (Å²) in [6.07, 6.45) is 6.82. The van der Waals surface area contributed by atoms with Gasteiger partial charge in [0.25, 0.3) is 5.91 Å². The van der Waals surface area contributed by atoms with E-state index < -0.39 is 0 Å². The highest BCUT2D eigenvalue weighted by Gasteiger charge is 2.09. The van der Waals surface area contributed by atoms with Gasteiger partial charge in [-0.3, -0.25) is 4.79 Å². The summed E-state index contributed by atoms with van der Waals surface area (Å²) in [6, 6.07) is 5.26. The Morgan fingerprint density at radius 1 is 1.32 bits per heavy atom. The third kappa shape index (κ3) is 6.34. The number of carbonyl (C=O) groups excluding carboxylic acids is 1. The van der Waals surface area contributed by atoms with Gasteiger partial charge in [0.1, 0.15) is 0 Å². The van der Waals surface area contributed by atoms with Crippen molar-refractivity contribution < 1.29 is 4.79 Å². The molecule has 0 aliphatic heterocycles. The van der Waals surface area contributed by atoms with Crippen LogP contribution in [0.25, 0.3) is 0 Å². The number of anilines is 1. The van der Waals surface area contributed by atoms with Crippen LogP contribution in [-0.2, 0) is 0 Å². The first-order chi connectivity index (χ1) is 9.15. The van der Waals surface area contributed by atoms with E-state index in [-0.39, 0.29) is 5.91 Å². The average Bonchev–Trinajstić information content (AvgIpc) is 2.40. The van der Waals surface area contributed by atoms with Crippen LogP contribution in [0.15, 0.2) is 22.7 Å². The molecule has 1 rings (SSSR count). The number of hydrogen-bond acceptors (Lipinski definition) is 3. The van der Waals surface area contributed by atoms with E-state index in [1.807, 2.05) is 11.8 Å². The molecular weight excluding hydrogens is 324 g/mol. The number of nitrogens with one attached hydrogen (secondary N) is 1. The minimum absolute atomic E-state index is 0.0664. The fourth-order valence-corrected chi connectivity index (χ4v) is 2.66. The van der Waals surface area contributed by atoms with Gasteiger partial charge in [-0.25, -0.2) is 0 Å². The molecule has 0 aliphatic carbocycles. The molecule has 0 spiro atoms. The summed E-state index contributed by atoms with van der Waals surface area (Å²) in [5.74, 6) is 1.16. The first kappa shape index (κ1) is 16.4. The average molecular weight is 345 g/mol. The van der Waals surface area contributed by atoms with Crippen molar-refractivity contribution in [1.82, 2.24) is 5.32 Å². The van der Waals surface area contributed by atoms with Crippen molar-refractivity contribution >= 4 is 39.3 Å². The van der Waals surface area contributed by atoms with E-state index in [0.717, 1.165) is 17.4 Å². The van der Waals surface area contributed by atoms with Crippen molar-refractivity contribution in [2.45, 2.75) is 25.7 Å². The number of thioether (sulfide) groups is 1. The quantitative estimate of drug-likeness (QED) is 0.558. The zero-order chi connectivity index (χ0) is 14.1. The van der Waals surface area contributed by atoms with Crippen LogP contribution in [0.5, 0.6) is 0 Å². The molecule has 19 heavy (non-hydrogen) atoms. The number of amides is 1. The van der Waals surface area contributed by atoms with Crippen LogP contribution in [0.1, 0.15) is 36.0 Å². The predicted octanol–water partition coefficient (Wildman–Crippen LogP) is 3.68. The van der Waals surface area contributed by atoms with Crippen LogP contribution >= 0.6 is 27.7 Å². The van der Waals surface area contributed by atoms with Crippen molar-refractivity contribution in [3.05, 3.63) is 28.2 Å². The molecule has 5 heteroatoms. The Bertz CT molecular complexity index is 412. The van der Waals surface area contributed by atoms with Gasteiger partial charge >= 0.3 is 0 Å². The number of rotatable bonds is 8. The second kappa shape index (κ2) is 9.26. The zero-order valence-electron chi connectivity index (χ0n) is 11.2. The van der Waals surface area contributed by atoms with Gasteiger partial charge in [-0.2, -0.15) is 11.8 Å². The van der Waals surface area contributed by atoms with E-state index in [1.54, 1.807) is 18.2 Å². The van der Waals surface area contributed by atoms with Crippen LogP contribution in [0.3, 0.4) is 0 Å². The maximum absolute atomic E-state index is 12.0. The Morgan fingerprint density at radius 2 is 2.05 bits per heavy atom. The van der Waals surface area contributed by atoms with Crippen LogP contribution in [0, 0.1) is 0 Å². The molecule has 0 radical (unpaired) electrons. The van der Waals surface area contributed by atoms with Gasteiger partial charge < -0.3 is 11.1 Å². The van der Waals surface area contributed by atoms with E-state index in [4.69, 9.17) is 5.73 Å². The van der Waals surface area contributed by atoms with Gasteiger partial charge in [-0.1, -0.05) is 12.8 Å². The first-order valence-electron chi connectivity index (χ1n) is 6.47. The Balaban J connectivity index is 2.26. The van der Waals surface area contributed by atoms with E-state index in [1.165, 1.54) is 25.0 Å². The highest BCUT2D eigenvalue weighted by molar-refractivity contribution is 9.10. The van der Waals surface area contributed by atoms with Crippen LogP contribution in [0.4, 0.5) is 5.69 Å². The van der Waals surface area contributed by atoms with Crippen molar-refractivity contribution in [2.75, 3.05) is 24.3 Å². The second-order valence-corrected chi connectivity index (χ2v) is 6.24. The Kier molecular flexibility index (Phi) is 7.98. The molecule has 0 heterocycles. The van der Waals surface area contributed by atoms with Crippen molar-refractivity contribution in [1.29, 1.82) is 0 Å². The minimum atomic E-state index is -0.0664. The third-order valence-electron chi connectivity index (χ3n) is 2.80. The number of nitrogen functional groups attached to an aromatic ring is 1. The molecular formula is C14H21BrN2OS. The van der Waals surface area contributed by atoms with E-state index >= 15 is 0 Å². The topological polar surface area (TPSA) is 55.1 Å². The fraction of sp³-hybridized carbons (Fsp3) is 0.500. The van der Waals surface area contributed by atoms with Crippen molar-refractivity contribution in [3.8, 4) is 0 Å². The summed E-state index contributed by atoms with van der Waals surface area (Å²) in [6.45, 7) is 0.722. The third-order valence-corrected chi connectivity index (χ3v) is 4.18. The summed E-state index contributed by atoms with van der Waals surface area (Å²) in [5.41, 5.74) is 6.89. The number of nitrogens with two attached hydrogens (primary N) is 1. The number of carbonyl (C=O) groups is 1. The number of hydrogen-bond donors (Lipinski definition) is 2. The maximum atomic E-state index is 12.0. The number of unbranched alkanes of at least 4 members (excludes halogenated alkanes) is 3. The molecule has 3 N–H and O–H groups in total. The van der Waals surface area contributed by atoms with Gasteiger partial charge in [0.05, 0.1) is 5.56 Å². The van der Waals surface area contributed by atoms with Gasteiger partial charge in [0.2, 0.25) is 0 Å². The molecule has 0 fully saturated rings. The highest BCUT2D eigenvalue weighted by Crippen LogP contribution is 2.19. The van der Waals surface area contributed by atoms with Crippen LogP contribution in [-0.4, -0.2) is 24.5 Å². The lowest BCUT2D eigenvalue weighted by Gasteiger charge is -2.07. The van der Waals surface area contributed by atoms with Crippen LogP contribution < -0.4 is 11.1 Å². The van der Waals surface area contributed by atoms with Gasteiger partial charge in [0.15, 0.2) is 0 Å². The molecule has 0 saturated carbocycles. The molecule has 0 bridgehead atoms. The normalized spacial score (nSPS) is 10.4. The molecule has 1 aromatic rings. The Morgan fingerprint density at radius 3 is 2.79 bits per heavy atom. The molecule has 1 amide bonds. The highest BCUT2D eigenvalue weighted by atomic mass is 79.9. The largest absolute Gasteiger partial charge is 0.399 e. The van der Waals surface area contributed by atoms with E-state index in [9.17, 15) is 4.79 Å². The van der Waals surface area contributed by atoms with Gasteiger partial charge in [-0.15, -0.1) is 0 Å². The molecule has 3 nitrogen and oxygen atoms in total. The van der Waals surface area contributed by atoms with E-state index in [2.05, 4.69) is 27.5 Å². The fourth-order valence-electron chi connectivity index (χ4n) is 1.74. The summed E-state index contributed by atoms with van der Waals surface area (Å²) in [5, 5.41) is 2.93. The number of benzene rings is 1. The predicted molar refractivity (Wildman–Crippen MR) is 87.7 cm³/mol. The summed E-state index contributed by atoms with van der Waals surface area (Å²) < 4.78 is 0.777. The molecule has 0 atom stereocenters. The van der Waals surface area contributed by atoms with Crippen molar-refractivity contribution in [2.24, 2.45) is 0 Å². The van der Waals surface area contributed by atoms with Crippen LogP contribution in [0.2, 0.25) is 0 Å². The summed E-state index contributed by atoms with van der Waals surface area (Å²) in [4.78, 5) is 12.0.